The fourth-order valence-electron chi connectivity index (χ4n) is 2.67. The van der Waals surface area contributed by atoms with Gasteiger partial charge >= 0.3 is 5.97 Å². The number of likely N-dealkylation sites (tertiary alicyclic amines) is 1. The van der Waals surface area contributed by atoms with Gasteiger partial charge in [0.25, 0.3) is 0 Å². The minimum Gasteiger partial charge on any atom is -0.481 e. The lowest BCUT2D eigenvalue weighted by atomic mass is 9.97. The Morgan fingerprint density at radius 1 is 1.32 bits per heavy atom. The number of hydrogen-bond donors (Lipinski definition) is 1. The summed E-state index contributed by atoms with van der Waals surface area (Å²) in [6.45, 7) is 2.24. The van der Waals surface area contributed by atoms with E-state index in [0.29, 0.717) is 30.3 Å². The Labute approximate surface area is 133 Å². The summed E-state index contributed by atoms with van der Waals surface area (Å²) in [6, 6.07) is 7.35. The highest BCUT2D eigenvalue weighted by molar-refractivity contribution is 6.30. The Balaban J connectivity index is 1.60. The lowest BCUT2D eigenvalue weighted by Gasteiger charge is -2.29. The minimum absolute atomic E-state index is 0.210. The molecule has 1 N–H and O–H groups in total. The fraction of sp³-hybridized carbons (Fsp3) is 0.375. The molecule has 0 bridgehead atoms. The highest BCUT2D eigenvalue weighted by Crippen LogP contribution is 2.23. The van der Waals surface area contributed by atoms with Crippen LogP contribution < -0.4 is 0 Å². The third-order valence-corrected chi connectivity index (χ3v) is 4.22. The summed E-state index contributed by atoms with van der Waals surface area (Å²) >= 11 is 5.87. The second kappa shape index (κ2) is 6.50. The van der Waals surface area contributed by atoms with Gasteiger partial charge in [0.05, 0.1) is 11.6 Å². The largest absolute Gasteiger partial charge is 0.481 e. The average Bonchev–Trinajstić information content (AvgIpc) is 2.97. The van der Waals surface area contributed by atoms with Gasteiger partial charge in [-0.05, 0) is 50.2 Å². The number of piperidine rings is 1. The van der Waals surface area contributed by atoms with Gasteiger partial charge in [-0.15, -0.1) is 0 Å². The van der Waals surface area contributed by atoms with E-state index in [9.17, 15) is 4.79 Å². The van der Waals surface area contributed by atoms with E-state index in [1.807, 2.05) is 12.1 Å². The molecule has 1 aliphatic rings. The molecule has 1 aromatic carbocycles. The number of nitrogens with zero attached hydrogens (tertiary/aromatic N) is 2. The van der Waals surface area contributed by atoms with Crippen LogP contribution in [0.4, 0.5) is 0 Å². The standard InChI is InChI=1S/C16H17ClN2O3/c17-13-3-1-11(2-4-13)15-18-14(10-22-15)9-19-7-5-12(6-8-19)16(20)21/h1-4,10,12H,5-9H2,(H,20,21). The van der Waals surface area contributed by atoms with Gasteiger partial charge in [0.1, 0.15) is 6.26 Å². The van der Waals surface area contributed by atoms with E-state index in [2.05, 4.69) is 9.88 Å². The Kier molecular flexibility index (Phi) is 4.45. The van der Waals surface area contributed by atoms with Crippen molar-refractivity contribution in [2.75, 3.05) is 13.1 Å². The molecule has 0 radical (unpaired) electrons. The van der Waals surface area contributed by atoms with Gasteiger partial charge in [-0.2, -0.15) is 0 Å². The molecule has 0 aliphatic carbocycles. The van der Waals surface area contributed by atoms with Crippen LogP contribution in [0, 0.1) is 5.92 Å². The molecule has 1 saturated heterocycles. The predicted molar refractivity (Wildman–Crippen MR) is 82.6 cm³/mol. The third-order valence-electron chi connectivity index (χ3n) is 3.97. The van der Waals surface area contributed by atoms with Crippen molar-refractivity contribution >= 4 is 17.6 Å². The number of oxazole rings is 1. The molecule has 22 heavy (non-hydrogen) atoms. The molecule has 0 atom stereocenters. The highest BCUT2D eigenvalue weighted by Gasteiger charge is 2.24. The zero-order chi connectivity index (χ0) is 15.5. The molecular weight excluding hydrogens is 304 g/mol. The van der Waals surface area contributed by atoms with Crippen LogP contribution >= 0.6 is 11.6 Å². The number of rotatable bonds is 4. The maximum Gasteiger partial charge on any atom is 0.306 e. The number of carboxylic acids is 1. The third kappa shape index (κ3) is 3.48. The molecule has 0 spiro atoms. The number of aliphatic carboxylic acids is 1. The van der Waals surface area contributed by atoms with Crippen molar-refractivity contribution < 1.29 is 14.3 Å². The number of carboxylic acid groups (broad SMARTS) is 1. The van der Waals surface area contributed by atoms with Crippen LogP contribution in [0.2, 0.25) is 5.02 Å². The lowest BCUT2D eigenvalue weighted by Crippen LogP contribution is -2.35. The van der Waals surface area contributed by atoms with Crippen LogP contribution in [0.3, 0.4) is 0 Å². The molecule has 1 aliphatic heterocycles. The quantitative estimate of drug-likeness (QED) is 0.936. The van der Waals surface area contributed by atoms with E-state index in [-0.39, 0.29) is 5.92 Å². The van der Waals surface area contributed by atoms with Gasteiger partial charge in [-0.25, -0.2) is 4.98 Å². The van der Waals surface area contributed by atoms with E-state index < -0.39 is 5.97 Å². The Morgan fingerprint density at radius 3 is 2.64 bits per heavy atom. The molecule has 0 amide bonds. The topological polar surface area (TPSA) is 66.6 Å². The van der Waals surface area contributed by atoms with Crippen molar-refractivity contribution in [2.45, 2.75) is 19.4 Å². The minimum atomic E-state index is -0.689. The molecule has 0 saturated carbocycles. The molecule has 5 nitrogen and oxygen atoms in total. The van der Waals surface area contributed by atoms with E-state index in [1.165, 1.54) is 0 Å². The van der Waals surface area contributed by atoms with Gasteiger partial charge < -0.3 is 9.52 Å². The van der Waals surface area contributed by atoms with Crippen molar-refractivity contribution in [1.29, 1.82) is 0 Å². The van der Waals surface area contributed by atoms with Crippen LogP contribution in [0.15, 0.2) is 34.9 Å². The summed E-state index contributed by atoms with van der Waals surface area (Å²) in [7, 11) is 0. The van der Waals surface area contributed by atoms with Gasteiger partial charge in [0.15, 0.2) is 0 Å². The second-order valence-corrected chi connectivity index (χ2v) is 5.98. The average molecular weight is 321 g/mol. The SMILES string of the molecule is O=C(O)C1CCN(Cc2coc(-c3ccc(Cl)cc3)n2)CC1. The fourth-order valence-corrected chi connectivity index (χ4v) is 2.80. The maximum absolute atomic E-state index is 10.9. The van der Waals surface area contributed by atoms with Crippen LogP contribution in [-0.2, 0) is 11.3 Å². The molecule has 0 unspecified atom stereocenters. The van der Waals surface area contributed by atoms with E-state index >= 15 is 0 Å². The monoisotopic (exact) mass is 320 g/mol. The summed E-state index contributed by atoms with van der Waals surface area (Å²) in [5.41, 5.74) is 1.75. The summed E-state index contributed by atoms with van der Waals surface area (Å²) in [6.07, 6.45) is 3.04. The van der Waals surface area contributed by atoms with Gasteiger partial charge in [-0.1, -0.05) is 11.6 Å². The van der Waals surface area contributed by atoms with Crippen LogP contribution in [0.5, 0.6) is 0 Å². The summed E-state index contributed by atoms with van der Waals surface area (Å²) in [5.74, 6) is -0.323. The number of benzene rings is 1. The first kappa shape index (κ1) is 15.1. The van der Waals surface area contributed by atoms with E-state index in [4.69, 9.17) is 21.1 Å². The number of aromatic nitrogens is 1. The van der Waals surface area contributed by atoms with Gasteiger partial charge in [0.2, 0.25) is 5.89 Å². The molecule has 1 aromatic heterocycles. The Morgan fingerprint density at radius 2 is 2.00 bits per heavy atom. The van der Waals surface area contributed by atoms with E-state index in [0.717, 1.165) is 24.3 Å². The first-order valence-electron chi connectivity index (χ1n) is 7.27. The molecule has 116 valence electrons. The summed E-state index contributed by atoms with van der Waals surface area (Å²) in [5, 5.41) is 9.69. The van der Waals surface area contributed by atoms with Gasteiger partial charge in [-0.3, -0.25) is 9.69 Å². The van der Waals surface area contributed by atoms with E-state index in [1.54, 1.807) is 18.4 Å². The number of carbonyl (C=O) groups is 1. The number of halogens is 1. The van der Waals surface area contributed by atoms with Crippen LogP contribution in [0.1, 0.15) is 18.5 Å². The molecule has 1 fully saturated rings. The highest BCUT2D eigenvalue weighted by atomic mass is 35.5. The predicted octanol–water partition coefficient (Wildman–Crippen LogP) is 3.29. The number of hydrogen-bond acceptors (Lipinski definition) is 4. The molecule has 3 rings (SSSR count). The lowest BCUT2D eigenvalue weighted by molar-refractivity contribution is -0.143. The zero-order valence-corrected chi connectivity index (χ0v) is 12.8. The first-order valence-corrected chi connectivity index (χ1v) is 7.65. The van der Waals surface area contributed by atoms with Crippen molar-refractivity contribution in [3.63, 3.8) is 0 Å². The Bertz CT molecular complexity index is 646. The Hall–Kier alpha value is -1.85. The van der Waals surface area contributed by atoms with Crippen molar-refractivity contribution in [3.05, 3.63) is 41.2 Å². The van der Waals surface area contributed by atoms with Crippen molar-refractivity contribution in [2.24, 2.45) is 5.92 Å². The van der Waals surface area contributed by atoms with Crippen LogP contribution in [-0.4, -0.2) is 34.0 Å². The zero-order valence-electron chi connectivity index (χ0n) is 12.0. The van der Waals surface area contributed by atoms with Crippen molar-refractivity contribution in [1.82, 2.24) is 9.88 Å². The summed E-state index contributed by atoms with van der Waals surface area (Å²) in [4.78, 5) is 17.7. The second-order valence-electron chi connectivity index (χ2n) is 5.54. The van der Waals surface area contributed by atoms with Crippen molar-refractivity contribution in [3.8, 4) is 11.5 Å². The smallest absolute Gasteiger partial charge is 0.306 e. The molecule has 6 heteroatoms. The molecule has 2 heterocycles. The maximum atomic E-state index is 10.9. The van der Waals surface area contributed by atoms with Gasteiger partial charge in [0, 0.05) is 17.1 Å². The normalized spacial score (nSPS) is 16.8. The summed E-state index contributed by atoms with van der Waals surface area (Å²) < 4.78 is 5.52. The molecule has 2 aromatic rings. The first-order chi connectivity index (χ1) is 10.6. The van der Waals surface area contributed by atoms with Crippen LogP contribution in [0.25, 0.3) is 11.5 Å². The molecular formula is C16H17ClN2O3.